The van der Waals surface area contributed by atoms with Gasteiger partial charge in [-0.3, -0.25) is 9.36 Å². The second-order valence-electron chi connectivity index (χ2n) is 9.79. The van der Waals surface area contributed by atoms with Crippen LogP contribution in [0, 0.1) is 5.92 Å². The number of thiazole rings is 1. The van der Waals surface area contributed by atoms with Crippen molar-refractivity contribution in [2.24, 2.45) is 10.9 Å². The topological polar surface area (TPSA) is 69.9 Å². The lowest BCUT2D eigenvalue weighted by molar-refractivity contribution is -0.140. The van der Waals surface area contributed by atoms with Gasteiger partial charge >= 0.3 is 5.97 Å². The minimum Gasteiger partial charge on any atom is -0.485 e. The van der Waals surface area contributed by atoms with Gasteiger partial charge in [0.2, 0.25) is 0 Å². The molecule has 2 aromatic carbocycles. The molecular formula is C30H30N2O4S2. The maximum atomic E-state index is 13.9. The molecule has 0 saturated heterocycles. The highest BCUT2D eigenvalue weighted by Gasteiger charge is 2.33. The van der Waals surface area contributed by atoms with Gasteiger partial charge in [0.15, 0.2) is 4.80 Å². The summed E-state index contributed by atoms with van der Waals surface area (Å²) in [5.41, 5.74) is 3.48. The van der Waals surface area contributed by atoms with Gasteiger partial charge in [-0.05, 0) is 67.5 Å². The number of esters is 1. The number of benzene rings is 2. The molecule has 1 aromatic heterocycles. The minimum atomic E-state index is -0.626. The van der Waals surface area contributed by atoms with Gasteiger partial charge in [-0.25, -0.2) is 9.79 Å². The average Bonchev–Trinajstić information content (AvgIpc) is 3.21. The molecule has 38 heavy (non-hydrogen) atoms. The van der Waals surface area contributed by atoms with Crippen LogP contribution in [0.2, 0.25) is 0 Å². The van der Waals surface area contributed by atoms with Crippen LogP contribution in [-0.2, 0) is 9.53 Å². The van der Waals surface area contributed by atoms with E-state index in [1.165, 1.54) is 11.3 Å². The molecule has 5 rings (SSSR count). The summed E-state index contributed by atoms with van der Waals surface area (Å²) in [7, 11) is 0. The number of hydrogen-bond donors (Lipinski definition) is 0. The van der Waals surface area contributed by atoms with E-state index in [0.717, 1.165) is 27.3 Å². The van der Waals surface area contributed by atoms with Crippen molar-refractivity contribution in [3.05, 3.63) is 96.2 Å². The second-order valence-corrected chi connectivity index (χ2v) is 11.7. The van der Waals surface area contributed by atoms with E-state index in [9.17, 15) is 9.59 Å². The Bertz CT molecular complexity index is 1630. The first-order valence-corrected chi connectivity index (χ1v) is 14.6. The fourth-order valence-electron chi connectivity index (χ4n) is 4.58. The predicted octanol–water partition coefficient (Wildman–Crippen LogP) is 4.97. The lowest BCUT2D eigenvalue weighted by Crippen LogP contribution is -2.40. The summed E-state index contributed by atoms with van der Waals surface area (Å²) in [5.74, 6) is 0.577. The molecule has 8 heteroatoms. The molecule has 6 nitrogen and oxygen atoms in total. The number of nitrogens with zero attached hydrogens (tertiary/aromatic N) is 2. The summed E-state index contributed by atoms with van der Waals surface area (Å²) in [6.07, 6.45) is 5.75. The van der Waals surface area contributed by atoms with E-state index in [1.807, 2.05) is 88.6 Å². The monoisotopic (exact) mass is 546 g/mol. The number of ether oxygens (including phenoxy) is 2. The first kappa shape index (κ1) is 26.3. The maximum absolute atomic E-state index is 13.9. The summed E-state index contributed by atoms with van der Waals surface area (Å²) >= 11 is 2.96. The van der Waals surface area contributed by atoms with Crippen LogP contribution >= 0.6 is 23.1 Å². The van der Waals surface area contributed by atoms with Crippen LogP contribution in [0.15, 0.2) is 80.1 Å². The largest absolute Gasteiger partial charge is 0.485 e. The zero-order valence-electron chi connectivity index (χ0n) is 22.1. The first-order chi connectivity index (χ1) is 18.3. The number of fused-ring (bicyclic) bond motifs is 2. The van der Waals surface area contributed by atoms with Gasteiger partial charge in [0.25, 0.3) is 5.56 Å². The molecule has 0 radical (unpaired) electrons. The van der Waals surface area contributed by atoms with Crippen LogP contribution < -0.4 is 19.6 Å². The third-order valence-electron chi connectivity index (χ3n) is 6.53. The van der Waals surface area contributed by atoms with Crippen LogP contribution in [0.25, 0.3) is 12.2 Å². The van der Waals surface area contributed by atoms with E-state index in [0.29, 0.717) is 27.2 Å². The fourth-order valence-corrected chi connectivity index (χ4v) is 6.03. The second kappa shape index (κ2) is 10.8. The Hall–Kier alpha value is -3.36. The standard InChI is InChI=1S/C30H30N2O4S2/c1-17(2)16-35-29(34)26-18(3)31-30-32(27(26)20-10-12-23(37-5)13-11-20)28(33)25(38-30)15-22-14-21-8-6-7-9-24(21)36-19(22)4/h6-15,17,19,27H,16H2,1-5H3/b25-15-. The Balaban J connectivity index is 1.65. The normalized spacial score (nSPS) is 18.9. The Kier molecular flexibility index (Phi) is 7.45. The molecule has 196 valence electrons. The molecule has 0 spiro atoms. The number of allylic oxidation sites excluding steroid dienone is 1. The molecule has 0 bridgehead atoms. The van der Waals surface area contributed by atoms with Gasteiger partial charge in [-0.15, -0.1) is 11.8 Å². The maximum Gasteiger partial charge on any atom is 0.338 e. The predicted molar refractivity (Wildman–Crippen MR) is 153 cm³/mol. The molecule has 0 saturated carbocycles. The minimum absolute atomic E-state index is 0.193. The van der Waals surface area contributed by atoms with Crippen LogP contribution in [-0.4, -0.2) is 29.5 Å². The first-order valence-electron chi connectivity index (χ1n) is 12.6. The Labute approximate surface area is 230 Å². The van der Waals surface area contributed by atoms with Crippen LogP contribution in [0.5, 0.6) is 5.75 Å². The fraction of sp³-hybridized carbons (Fsp3) is 0.300. The van der Waals surface area contributed by atoms with Crippen molar-refractivity contribution < 1.29 is 14.3 Å². The molecule has 2 atom stereocenters. The third-order valence-corrected chi connectivity index (χ3v) is 8.26. The number of carbonyl (C=O) groups is 1. The highest BCUT2D eigenvalue weighted by Crippen LogP contribution is 2.32. The summed E-state index contributed by atoms with van der Waals surface area (Å²) in [6, 6.07) is 15.2. The quantitative estimate of drug-likeness (QED) is 0.323. The lowest BCUT2D eigenvalue weighted by atomic mass is 9.96. The van der Waals surface area contributed by atoms with Crippen molar-refractivity contribution >= 4 is 41.2 Å². The van der Waals surface area contributed by atoms with Crippen LogP contribution in [0.4, 0.5) is 0 Å². The zero-order valence-corrected chi connectivity index (χ0v) is 23.7. The molecule has 2 unspecified atom stereocenters. The van der Waals surface area contributed by atoms with E-state index in [-0.39, 0.29) is 17.6 Å². The molecule has 0 aliphatic carbocycles. The van der Waals surface area contributed by atoms with E-state index in [1.54, 1.807) is 16.3 Å². The highest BCUT2D eigenvalue weighted by molar-refractivity contribution is 7.98. The number of aromatic nitrogens is 1. The molecular weight excluding hydrogens is 516 g/mol. The smallest absolute Gasteiger partial charge is 0.338 e. The van der Waals surface area contributed by atoms with Crippen molar-refractivity contribution in [3.63, 3.8) is 0 Å². The SMILES string of the molecule is CSc1ccc(C2C(C(=O)OCC(C)C)=C(C)N=c3s/c(=C\C4=Cc5ccccc5OC4C)c(=O)n32)cc1. The number of rotatable bonds is 6. The Morgan fingerprint density at radius 2 is 1.95 bits per heavy atom. The van der Waals surface area contributed by atoms with E-state index in [4.69, 9.17) is 14.5 Å². The van der Waals surface area contributed by atoms with E-state index < -0.39 is 12.0 Å². The molecule has 0 amide bonds. The van der Waals surface area contributed by atoms with Crippen molar-refractivity contribution in [2.75, 3.05) is 12.9 Å². The van der Waals surface area contributed by atoms with Gasteiger partial charge in [-0.1, -0.05) is 55.5 Å². The molecule has 0 N–H and O–H groups in total. The molecule has 3 aromatic rings. The van der Waals surface area contributed by atoms with Gasteiger partial charge in [0.1, 0.15) is 11.9 Å². The number of carbonyl (C=O) groups excluding carboxylic acids is 1. The molecule has 3 heterocycles. The van der Waals surface area contributed by atoms with E-state index in [2.05, 4.69) is 6.08 Å². The summed E-state index contributed by atoms with van der Waals surface area (Å²) in [4.78, 5) is 33.6. The highest BCUT2D eigenvalue weighted by atomic mass is 32.2. The number of thioether (sulfide) groups is 1. The van der Waals surface area contributed by atoms with Gasteiger partial charge < -0.3 is 9.47 Å². The zero-order chi connectivity index (χ0) is 27.0. The van der Waals surface area contributed by atoms with Gasteiger partial charge in [-0.2, -0.15) is 0 Å². The third kappa shape index (κ3) is 5.02. The Morgan fingerprint density at radius 3 is 2.66 bits per heavy atom. The Morgan fingerprint density at radius 1 is 1.21 bits per heavy atom. The summed E-state index contributed by atoms with van der Waals surface area (Å²) < 4.78 is 13.9. The average molecular weight is 547 g/mol. The van der Waals surface area contributed by atoms with E-state index >= 15 is 0 Å². The van der Waals surface area contributed by atoms with Crippen molar-refractivity contribution in [3.8, 4) is 5.75 Å². The summed E-state index contributed by atoms with van der Waals surface area (Å²) in [6.45, 7) is 8.06. The van der Waals surface area contributed by atoms with Gasteiger partial charge in [0, 0.05) is 10.5 Å². The van der Waals surface area contributed by atoms with Crippen LogP contribution in [0.3, 0.4) is 0 Å². The number of para-hydroxylation sites is 1. The molecule has 0 fully saturated rings. The molecule has 2 aliphatic rings. The number of hydrogen-bond acceptors (Lipinski definition) is 7. The van der Waals surface area contributed by atoms with Crippen molar-refractivity contribution in [1.29, 1.82) is 0 Å². The summed E-state index contributed by atoms with van der Waals surface area (Å²) in [5, 5.41) is 0. The van der Waals surface area contributed by atoms with Crippen LogP contribution in [0.1, 0.15) is 44.9 Å². The van der Waals surface area contributed by atoms with Crippen molar-refractivity contribution in [1.82, 2.24) is 4.57 Å². The molecule has 2 aliphatic heterocycles. The van der Waals surface area contributed by atoms with Crippen molar-refractivity contribution in [2.45, 2.75) is 44.7 Å². The lowest BCUT2D eigenvalue weighted by Gasteiger charge is -2.25. The van der Waals surface area contributed by atoms with Gasteiger partial charge in [0.05, 0.1) is 28.5 Å².